The van der Waals surface area contributed by atoms with Crippen LogP contribution in [0, 0.1) is 5.82 Å². The fraction of sp³-hybridized carbons (Fsp3) is 0.280. The Kier molecular flexibility index (Phi) is 6.14. The number of amides is 1. The summed E-state index contributed by atoms with van der Waals surface area (Å²) in [5.41, 5.74) is 2.99. The first-order chi connectivity index (χ1) is 17.0. The van der Waals surface area contributed by atoms with E-state index in [1.807, 2.05) is 12.1 Å². The number of H-pyrrole nitrogens is 1. The number of hydrogen-bond donors (Lipinski definition) is 3. The predicted octanol–water partition coefficient (Wildman–Crippen LogP) is 1.65. The molecule has 1 fully saturated rings. The van der Waals surface area contributed by atoms with E-state index in [2.05, 4.69) is 30.1 Å². The molecule has 0 unspecified atom stereocenters. The van der Waals surface area contributed by atoms with Crippen molar-refractivity contribution in [2.45, 2.75) is 12.6 Å². The summed E-state index contributed by atoms with van der Waals surface area (Å²) in [6, 6.07) is 9.41. The minimum atomic E-state index is -0.463. The van der Waals surface area contributed by atoms with E-state index < -0.39 is 5.82 Å². The third-order valence-electron chi connectivity index (χ3n) is 6.40. The van der Waals surface area contributed by atoms with E-state index in [-0.39, 0.29) is 29.5 Å². The van der Waals surface area contributed by atoms with E-state index in [4.69, 9.17) is 0 Å². The third kappa shape index (κ3) is 4.45. The second-order valence-electron chi connectivity index (χ2n) is 8.63. The average Bonchev–Trinajstić information content (AvgIpc) is 2.88. The number of fused-ring (bicyclic) bond motifs is 3. The molecule has 10 heteroatoms. The number of rotatable bonds is 5. The molecule has 35 heavy (non-hydrogen) atoms. The van der Waals surface area contributed by atoms with Crippen molar-refractivity contribution in [1.82, 2.24) is 25.2 Å². The molecule has 3 aromatic heterocycles. The summed E-state index contributed by atoms with van der Waals surface area (Å²) in [6.45, 7) is 2.63. The molecular formula is C25H25FN6O3. The molecule has 4 aromatic rings. The lowest BCUT2D eigenvalue weighted by Crippen LogP contribution is -2.54. The minimum absolute atomic E-state index is 0.0282. The van der Waals surface area contributed by atoms with Gasteiger partial charge in [-0.3, -0.25) is 19.5 Å². The van der Waals surface area contributed by atoms with E-state index in [0.717, 1.165) is 17.8 Å². The van der Waals surface area contributed by atoms with Crippen LogP contribution < -0.4 is 15.8 Å². The Morgan fingerprint density at radius 3 is 2.77 bits per heavy atom. The number of pyridine rings is 3. The van der Waals surface area contributed by atoms with Crippen LogP contribution in [0.25, 0.3) is 21.8 Å². The SMILES string of the molecule is CNC(=O)c1ccc(N2CCN(Cc3cnc4c(c3)[nH]c(=O)c3cc(F)ccc34)C[C@@H]2CO)cn1. The van der Waals surface area contributed by atoms with Crippen molar-refractivity contribution in [3.8, 4) is 0 Å². The largest absolute Gasteiger partial charge is 0.394 e. The Morgan fingerprint density at radius 2 is 2.03 bits per heavy atom. The molecule has 0 spiro atoms. The number of carbonyl (C=O) groups is 1. The van der Waals surface area contributed by atoms with Gasteiger partial charge in [-0.1, -0.05) is 0 Å². The highest BCUT2D eigenvalue weighted by Crippen LogP contribution is 2.24. The van der Waals surface area contributed by atoms with E-state index in [1.54, 1.807) is 31.6 Å². The summed E-state index contributed by atoms with van der Waals surface area (Å²) in [7, 11) is 1.56. The fourth-order valence-corrected chi connectivity index (χ4v) is 4.64. The topological polar surface area (TPSA) is 114 Å². The van der Waals surface area contributed by atoms with Crippen LogP contribution in [-0.4, -0.2) is 70.2 Å². The summed E-state index contributed by atoms with van der Waals surface area (Å²) >= 11 is 0. The van der Waals surface area contributed by atoms with Crippen molar-refractivity contribution in [3.05, 3.63) is 76.2 Å². The van der Waals surface area contributed by atoms with Gasteiger partial charge in [-0.05, 0) is 42.0 Å². The number of aliphatic hydroxyl groups is 1. The Balaban J connectivity index is 1.33. The summed E-state index contributed by atoms with van der Waals surface area (Å²) in [5.74, 6) is -0.708. The summed E-state index contributed by atoms with van der Waals surface area (Å²) in [5, 5.41) is 13.5. The molecular weight excluding hydrogens is 451 g/mol. The zero-order valence-electron chi connectivity index (χ0n) is 19.2. The van der Waals surface area contributed by atoms with Crippen LogP contribution in [0.3, 0.4) is 0 Å². The van der Waals surface area contributed by atoms with Gasteiger partial charge in [-0.15, -0.1) is 0 Å². The number of benzene rings is 1. The molecule has 9 nitrogen and oxygen atoms in total. The number of nitrogens with one attached hydrogen (secondary N) is 2. The van der Waals surface area contributed by atoms with Gasteiger partial charge < -0.3 is 20.3 Å². The molecule has 3 N–H and O–H groups in total. The third-order valence-corrected chi connectivity index (χ3v) is 6.40. The first-order valence-corrected chi connectivity index (χ1v) is 11.3. The molecule has 1 aliphatic heterocycles. The molecule has 0 bridgehead atoms. The van der Waals surface area contributed by atoms with Crippen LogP contribution in [-0.2, 0) is 6.54 Å². The van der Waals surface area contributed by atoms with Crippen LogP contribution in [0.4, 0.5) is 10.1 Å². The van der Waals surface area contributed by atoms with Crippen molar-refractivity contribution in [1.29, 1.82) is 0 Å². The van der Waals surface area contributed by atoms with Crippen molar-refractivity contribution in [2.24, 2.45) is 0 Å². The standard InChI is InChI=1S/C25H25FN6O3/c1-27-25(35)21-5-3-17(11-28-21)32-7-6-31(13-18(32)14-33)12-15-8-22-23(29-10-15)19-4-2-16(26)9-20(19)24(34)30-22/h2-5,8-11,18,33H,6-7,12-14H2,1H3,(H,27,35)(H,30,34)/t18-/m1/s1. The number of hydrogen-bond acceptors (Lipinski definition) is 7. The normalized spacial score (nSPS) is 16.7. The van der Waals surface area contributed by atoms with Crippen LogP contribution in [0.15, 0.2) is 53.6 Å². The van der Waals surface area contributed by atoms with Gasteiger partial charge >= 0.3 is 0 Å². The molecule has 1 saturated heterocycles. The number of halogens is 1. The van der Waals surface area contributed by atoms with E-state index in [0.29, 0.717) is 41.7 Å². The number of nitrogens with zero attached hydrogens (tertiary/aromatic N) is 4. The van der Waals surface area contributed by atoms with Gasteiger partial charge in [0, 0.05) is 44.8 Å². The van der Waals surface area contributed by atoms with Gasteiger partial charge in [0.1, 0.15) is 11.5 Å². The van der Waals surface area contributed by atoms with Gasteiger partial charge in [-0.2, -0.15) is 0 Å². The monoisotopic (exact) mass is 476 g/mol. The first kappa shape index (κ1) is 22.9. The van der Waals surface area contributed by atoms with E-state index in [9.17, 15) is 19.1 Å². The maximum Gasteiger partial charge on any atom is 0.269 e. The lowest BCUT2D eigenvalue weighted by Gasteiger charge is -2.42. The number of carbonyl (C=O) groups excluding carboxylic acids is 1. The maximum absolute atomic E-state index is 13.6. The number of aromatic nitrogens is 3. The highest BCUT2D eigenvalue weighted by molar-refractivity contribution is 6.02. The highest BCUT2D eigenvalue weighted by Gasteiger charge is 2.27. The molecule has 1 amide bonds. The molecule has 180 valence electrons. The van der Waals surface area contributed by atoms with Crippen molar-refractivity contribution < 1.29 is 14.3 Å². The average molecular weight is 477 g/mol. The van der Waals surface area contributed by atoms with Gasteiger partial charge in [0.15, 0.2) is 0 Å². The molecule has 0 aliphatic carbocycles. The van der Waals surface area contributed by atoms with Crippen LogP contribution >= 0.6 is 0 Å². The van der Waals surface area contributed by atoms with Crippen LogP contribution in [0.2, 0.25) is 0 Å². The summed E-state index contributed by atoms with van der Waals surface area (Å²) < 4.78 is 13.6. The van der Waals surface area contributed by atoms with E-state index >= 15 is 0 Å². The van der Waals surface area contributed by atoms with Crippen molar-refractivity contribution >= 4 is 33.4 Å². The second-order valence-corrected chi connectivity index (χ2v) is 8.63. The molecule has 1 aromatic carbocycles. The number of anilines is 1. The zero-order valence-corrected chi connectivity index (χ0v) is 19.2. The Labute approximate surface area is 200 Å². The second kappa shape index (κ2) is 9.40. The fourth-order valence-electron chi connectivity index (χ4n) is 4.64. The first-order valence-electron chi connectivity index (χ1n) is 11.3. The lowest BCUT2D eigenvalue weighted by molar-refractivity contribution is 0.0958. The van der Waals surface area contributed by atoms with E-state index in [1.165, 1.54) is 12.1 Å². The molecule has 0 radical (unpaired) electrons. The van der Waals surface area contributed by atoms with Gasteiger partial charge in [0.05, 0.1) is 41.0 Å². The Bertz CT molecular complexity index is 1460. The van der Waals surface area contributed by atoms with Crippen molar-refractivity contribution in [2.75, 3.05) is 38.2 Å². The quantitative estimate of drug-likeness (QED) is 0.375. The molecule has 4 heterocycles. The highest BCUT2D eigenvalue weighted by atomic mass is 19.1. The minimum Gasteiger partial charge on any atom is -0.394 e. The zero-order chi connectivity index (χ0) is 24.5. The van der Waals surface area contributed by atoms with Gasteiger partial charge in [0.2, 0.25) is 0 Å². The Hall–Kier alpha value is -3.89. The molecule has 1 atom stereocenters. The van der Waals surface area contributed by atoms with Gasteiger partial charge in [0.25, 0.3) is 11.5 Å². The van der Waals surface area contributed by atoms with Crippen LogP contribution in [0.5, 0.6) is 0 Å². The molecule has 5 rings (SSSR count). The maximum atomic E-state index is 13.6. The Morgan fingerprint density at radius 1 is 1.17 bits per heavy atom. The smallest absolute Gasteiger partial charge is 0.269 e. The van der Waals surface area contributed by atoms with Gasteiger partial charge in [-0.25, -0.2) is 9.37 Å². The van der Waals surface area contributed by atoms with Crippen LogP contribution in [0.1, 0.15) is 16.1 Å². The molecule has 0 saturated carbocycles. The molecule has 1 aliphatic rings. The number of piperazine rings is 1. The lowest BCUT2D eigenvalue weighted by atomic mass is 10.1. The number of aromatic amines is 1. The predicted molar refractivity (Wildman–Crippen MR) is 131 cm³/mol. The van der Waals surface area contributed by atoms with Crippen molar-refractivity contribution in [3.63, 3.8) is 0 Å². The summed E-state index contributed by atoms with van der Waals surface area (Å²) in [4.78, 5) is 40.1. The summed E-state index contributed by atoms with van der Waals surface area (Å²) in [6.07, 6.45) is 3.42. The number of aliphatic hydroxyl groups excluding tert-OH is 1.